The average molecular weight is 217 g/mol. The van der Waals surface area contributed by atoms with Gasteiger partial charge in [-0.15, -0.1) is 0 Å². The summed E-state index contributed by atoms with van der Waals surface area (Å²) in [5.41, 5.74) is 0.110. The molecule has 16 heavy (non-hydrogen) atoms. The standard InChI is InChI=1S/C12H11NO3/c1-2-16-10-7-6-9-4-3-5-12(13(14)15)11(9)8-10/h3-8H,2H2,1H3. The summed E-state index contributed by atoms with van der Waals surface area (Å²) in [6, 6.07) is 10.4. The molecule has 0 aliphatic heterocycles. The normalized spacial score (nSPS) is 10.3. The van der Waals surface area contributed by atoms with Crippen LogP contribution in [0.25, 0.3) is 10.8 Å². The largest absolute Gasteiger partial charge is 0.494 e. The molecule has 0 aliphatic carbocycles. The molecule has 2 aromatic rings. The Labute approximate surface area is 92.6 Å². The summed E-state index contributed by atoms with van der Waals surface area (Å²) >= 11 is 0. The lowest BCUT2D eigenvalue weighted by molar-refractivity contribution is -0.383. The number of rotatable bonds is 3. The molecular formula is C12H11NO3. The van der Waals surface area contributed by atoms with Crippen molar-refractivity contribution in [1.29, 1.82) is 0 Å². The lowest BCUT2D eigenvalue weighted by Gasteiger charge is -2.04. The summed E-state index contributed by atoms with van der Waals surface area (Å²) in [5, 5.41) is 12.3. The molecule has 4 nitrogen and oxygen atoms in total. The third kappa shape index (κ3) is 1.82. The van der Waals surface area contributed by atoms with Crippen molar-refractivity contribution in [3.05, 3.63) is 46.5 Å². The van der Waals surface area contributed by atoms with Crippen LogP contribution in [-0.2, 0) is 0 Å². The van der Waals surface area contributed by atoms with E-state index in [-0.39, 0.29) is 10.6 Å². The van der Waals surface area contributed by atoms with Gasteiger partial charge in [0.25, 0.3) is 5.69 Å². The molecule has 0 N–H and O–H groups in total. The molecule has 0 aromatic heterocycles. The zero-order chi connectivity index (χ0) is 11.5. The fourth-order valence-electron chi connectivity index (χ4n) is 1.65. The van der Waals surface area contributed by atoms with Crippen LogP contribution in [-0.4, -0.2) is 11.5 Å². The van der Waals surface area contributed by atoms with Gasteiger partial charge in [0.05, 0.1) is 16.9 Å². The first-order chi connectivity index (χ1) is 7.72. The Hall–Kier alpha value is -2.10. The van der Waals surface area contributed by atoms with Gasteiger partial charge in [-0.1, -0.05) is 18.2 Å². The molecule has 0 atom stereocenters. The summed E-state index contributed by atoms with van der Waals surface area (Å²) in [5.74, 6) is 0.657. The van der Waals surface area contributed by atoms with E-state index in [1.54, 1.807) is 12.1 Å². The third-order valence-corrected chi connectivity index (χ3v) is 2.34. The van der Waals surface area contributed by atoms with Gasteiger partial charge >= 0.3 is 0 Å². The van der Waals surface area contributed by atoms with Crippen molar-refractivity contribution in [2.45, 2.75) is 6.92 Å². The first-order valence-electron chi connectivity index (χ1n) is 5.02. The van der Waals surface area contributed by atoms with Crippen LogP contribution >= 0.6 is 0 Å². The highest BCUT2D eigenvalue weighted by molar-refractivity contribution is 5.91. The van der Waals surface area contributed by atoms with Crippen molar-refractivity contribution in [2.75, 3.05) is 6.61 Å². The fourth-order valence-corrected chi connectivity index (χ4v) is 1.65. The van der Waals surface area contributed by atoms with Crippen molar-refractivity contribution in [3.8, 4) is 5.75 Å². The van der Waals surface area contributed by atoms with Gasteiger partial charge in [0, 0.05) is 6.07 Å². The van der Waals surface area contributed by atoms with Crippen LogP contribution in [0.15, 0.2) is 36.4 Å². The molecule has 4 heteroatoms. The second kappa shape index (κ2) is 4.18. The summed E-state index contributed by atoms with van der Waals surface area (Å²) < 4.78 is 5.33. The van der Waals surface area contributed by atoms with Gasteiger partial charge in [0.1, 0.15) is 5.75 Å². The van der Waals surface area contributed by atoms with E-state index >= 15 is 0 Å². The van der Waals surface area contributed by atoms with Gasteiger partial charge in [0.2, 0.25) is 0 Å². The van der Waals surface area contributed by atoms with Crippen molar-refractivity contribution in [2.24, 2.45) is 0 Å². The van der Waals surface area contributed by atoms with Crippen LogP contribution in [0.4, 0.5) is 5.69 Å². The van der Waals surface area contributed by atoms with E-state index in [4.69, 9.17) is 4.74 Å². The Balaban J connectivity index is 2.63. The van der Waals surface area contributed by atoms with Gasteiger partial charge < -0.3 is 4.74 Å². The van der Waals surface area contributed by atoms with Gasteiger partial charge in [-0.3, -0.25) is 10.1 Å². The van der Waals surface area contributed by atoms with Crippen molar-refractivity contribution < 1.29 is 9.66 Å². The second-order valence-electron chi connectivity index (χ2n) is 3.35. The number of nitrogens with zero attached hydrogens (tertiary/aromatic N) is 1. The summed E-state index contributed by atoms with van der Waals surface area (Å²) in [4.78, 5) is 10.5. The highest BCUT2D eigenvalue weighted by Crippen LogP contribution is 2.28. The SMILES string of the molecule is CCOc1ccc2cccc([N+](=O)[O-])c2c1. The molecule has 2 aromatic carbocycles. The highest BCUT2D eigenvalue weighted by Gasteiger charge is 2.11. The van der Waals surface area contributed by atoms with Crippen LogP contribution in [0, 0.1) is 10.1 Å². The number of fused-ring (bicyclic) bond motifs is 1. The van der Waals surface area contributed by atoms with E-state index in [2.05, 4.69) is 0 Å². The maximum absolute atomic E-state index is 10.8. The van der Waals surface area contributed by atoms with E-state index < -0.39 is 0 Å². The van der Waals surface area contributed by atoms with E-state index in [1.165, 1.54) is 6.07 Å². The molecule has 0 aliphatic rings. The molecule has 0 unspecified atom stereocenters. The van der Waals surface area contributed by atoms with Crippen LogP contribution < -0.4 is 4.74 Å². The lowest BCUT2D eigenvalue weighted by atomic mass is 10.1. The summed E-state index contributed by atoms with van der Waals surface area (Å²) in [6.07, 6.45) is 0. The van der Waals surface area contributed by atoms with Gasteiger partial charge in [0.15, 0.2) is 0 Å². The van der Waals surface area contributed by atoms with E-state index in [1.807, 2.05) is 25.1 Å². The Bertz CT molecular complexity index is 537. The smallest absolute Gasteiger partial charge is 0.277 e. The fraction of sp³-hybridized carbons (Fsp3) is 0.167. The first-order valence-corrected chi connectivity index (χ1v) is 5.02. The topological polar surface area (TPSA) is 52.4 Å². The lowest BCUT2D eigenvalue weighted by Crippen LogP contribution is -1.93. The maximum Gasteiger partial charge on any atom is 0.277 e. The van der Waals surface area contributed by atoms with E-state index in [0.717, 1.165) is 5.39 Å². The van der Waals surface area contributed by atoms with E-state index in [0.29, 0.717) is 17.7 Å². The minimum Gasteiger partial charge on any atom is -0.494 e. The maximum atomic E-state index is 10.8. The number of non-ortho nitro benzene ring substituents is 1. The molecule has 2 rings (SSSR count). The van der Waals surface area contributed by atoms with Gasteiger partial charge in [-0.05, 0) is 24.4 Å². The number of hydrogen-bond donors (Lipinski definition) is 0. The summed E-state index contributed by atoms with van der Waals surface area (Å²) in [6.45, 7) is 2.43. The number of nitro groups is 1. The monoisotopic (exact) mass is 217 g/mol. The number of nitro benzene ring substituents is 1. The first kappa shape index (κ1) is 10.4. The Morgan fingerprint density at radius 3 is 2.81 bits per heavy atom. The molecule has 0 heterocycles. The predicted octanol–water partition coefficient (Wildman–Crippen LogP) is 3.15. The Morgan fingerprint density at radius 2 is 2.12 bits per heavy atom. The van der Waals surface area contributed by atoms with Crippen molar-refractivity contribution in [1.82, 2.24) is 0 Å². The molecule has 0 saturated heterocycles. The number of ether oxygens (including phenoxy) is 1. The molecule has 0 spiro atoms. The average Bonchev–Trinajstić information content (AvgIpc) is 2.28. The number of benzene rings is 2. The zero-order valence-corrected chi connectivity index (χ0v) is 8.84. The molecule has 0 saturated carbocycles. The Morgan fingerprint density at radius 1 is 1.31 bits per heavy atom. The molecule has 0 fully saturated rings. The third-order valence-electron chi connectivity index (χ3n) is 2.34. The minimum absolute atomic E-state index is 0.110. The van der Waals surface area contributed by atoms with Crippen LogP contribution in [0.3, 0.4) is 0 Å². The highest BCUT2D eigenvalue weighted by atomic mass is 16.6. The van der Waals surface area contributed by atoms with Crippen molar-refractivity contribution >= 4 is 16.5 Å². The molecule has 0 amide bonds. The van der Waals surface area contributed by atoms with Crippen LogP contribution in [0.5, 0.6) is 5.75 Å². The van der Waals surface area contributed by atoms with Crippen LogP contribution in [0.1, 0.15) is 6.92 Å². The predicted molar refractivity (Wildman–Crippen MR) is 61.8 cm³/mol. The van der Waals surface area contributed by atoms with Crippen molar-refractivity contribution in [3.63, 3.8) is 0 Å². The van der Waals surface area contributed by atoms with Gasteiger partial charge in [-0.25, -0.2) is 0 Å². The quantitative estimate of drug-likeness (QED) is 0.586. The van der Waals surface area contributed by atoms with Crippen LogP contribution in [0.2, 0.25) is 0 Å². The van der Waals surface area contributed by atoms with Gasteiger partial charge in [-0.2, -0.15) is 0 Å². The second-order valence-corrected chi connectivity index (χ2v) is 3.35. The molecule has 0 bridgehead atoms. The minimum atomic E-state index is -0.377. The zero-order valence-electron chi connectivity index (χ0n) is 8.84. The Kier molecular flexibility index (Phi) is 2.72. The molecular weight excluding hydrogens is 206 g/mol. The number of hydrogen-bond acceptors (Lipinski definition) is 3. The summed E-state index contributed by atoms with van der Waals surface area (Å²) in [7, 11) is 0. The molecule has 0 radical (unpaired) electrons. The van der Waals surface area contributed by atoms with E-state index in [9.17, 15) is 10.1 Å². The molecule has 82 valence electrons.